The maximum absolute atomic E-state index is 11.6. The third-order valence-corrected chi connectivity index (χ3v) is 6.05. The molecule has 2 fully saturated rings. The van der Waals surface area contributed by atoms with E-state index in [4.69, 9.17) is 0 Å². The van der Waals surface area contributed by atoms with Crippen molar-refractivity contribution >= 4 is 9.84 Å². The van der Waals surface area contributed by atoms with E-state index in [1.54, 1.807) is 0 Å². The highest BCUT2D eigenvalue weighted by Gasteiger charge is 2.26. The Kier molecular flexibility index (Phi) is 5.04. The number of nitrogens with zero attached hydrogens (tertiary/aromatic N) is 1. The van der Waals surface area contributed by atoms with Crippen molar-refractivity contribution in [1.29, 1.82) is 0 Å². The van der Waals surface area contributed by atoms with Crippen molar-refractivity contribution in [2.75, 3.05) is 31.1 Å². The average molecular weight is 274 g/mol. The summed E-state index contributed by atoms with van der Waals surface area (Å²) in [6.07, 6.45) is 6.33. The minimum atomic E-state index is -2.79. The molecule has 0 radical (unpaired) electrons. The number of rotatable bonds is 5. The molecule has 0 bridgehead atoms. The van der Waals surface area contributed by atoms with Gasteiger partial charge in [-0.15, -0.1) is 0 Å². The zero-order valence-corrected chi connectivity index (χ0v) is 12.2. The maximum atomic E-state index is 11.6. The Balaban J connectivity index is 1.78. The van der Waals surface area contributed by atoms with Gasteiger partial charge in [0.15, 0.2) is 9.84 Å². The lowest BCUT2D eigenvalue weighted by molar-refractivity contribution is 0.199. The molecule has 0 aromatic carbocycles. The maximum Gasteiger partial charge on any atom is 0.153 e. The van der Waals surface area contributed by atoms with E-state index in [0.717, 1.165) is 25.6 Å². The van der Waals surface area contributed by atoms with Crippen LogP contribution in [0, 0.1) is 0 Å². The molecule has 106 valence electrons. The highest BCUT2D eigenvalue weighted by molar-refractivity contribution is 7.91. The Hall–Kier alpha value is -0.130. The van der Waals surface area contributed by atoms with E-state index < -0.39 is 9.84 Å². The quantitative estimate of drug-likeness (QED) is 0.813. The van der Waals surface area contributed by atoms with Gasteiger partial charge in [-0.3, -0.25) is 0 Å². The van der Waals surface area contributed by atoms with E-state index >= 15 is 0 Å². The lowest BCUT2D eigenvalue weighted by atomic mass is 10.1. The Labute approximate surface area is 111 Å². The van der Waals surface area contributed by atoms with Crippen LogP contribution in [0.2, 0.25) is 0 Å². The lowest BCUT2D eigenvalue weighted by Gasteiger charge is -2.30. The molecule has 5 heteroatoms. The van der Waals surface area contributed by atoms with Crippen molar-refractivity contribution in [2.45, 2.75) is 51.1 Å². The summed E-state index contributed by atoms with van der Waals surface area (Å²) in [5.74, 6) is 0.638. The Morgan fingerprint density at radius 2 is 2.00 bits per heavy atom. The largest absolute Gasteiger partial charge is 0.312 e. The summed E-state index contributed by atoms with van der Waals surface area (Å²) >= 11 is 0. The summed E-state index contributed by atoms with van der Waals surface area (Å²) in [5.41, 5.74) is 0. The van der Waals surface area contributed by atoms with Crippen LogP contribution in [0.1, 0.15) is 39.0 Å². The molecule has 1 saturated carbocycles. The summed E-state index contributed by atoms with van der Waals surface area (Å²) in [6, 6.07) is 0.911. The lowest BCUT2D eigenvalue weighted by Crippen LogP contribution is -2.47. The van der Waals surface area contributed by atoms with Crippen LogP contribution in [-0.4, -0.2) is 56.5 Å². The molecule has 1 saturated heterocycles. The van der Waals surface area contributed by atoms with E-state index in [1.807, 2.05) is 0 Å². The first-order valence-corrected chi connectivity index (χ1v) is 9.11. The van der Waals surface area contributed by atoms with Crippen molar-refractivity contribution in [3.8, 4) is 0 Å². The van der Waals surface area contributed by atoms with Gasteiger partial charge in [0.05, 0.1) is 11.5 Å². The summed E-state index contributed by atoms with van der Waals surface area (Å²) in [4.78, 5) is 2.54. The molecule has 1 aliphatic carbocycles. The Morgan fingerprint density at radius 1 is 1.28 bits per heavy atom. The second-order valence-corrected chi connectivity index (χ2v) is 7.85. The SMILES string of the molecule is CCN(CCC1CS(=O)(=O)CCN1)C1CCCC1. The molecule has 2 aliphatic rings. The number of sulfone groups is 1. The van der Waals surface area contributed by atoms with E-state index in [9.17, 15) is 8.42 Å². The van der Waals surface area contributed by atoms with Crippen LogP contribution < -0.4 is 5.32 Å². The number of hydrogen-bond acceptors (Lipinski definition) is 4. The molecular weight excluding hydrogens is 248 g/mol. The summed E-state index contributed by atoms with van der Waals surface area (Å²) in [7, 11) is -2.79. The molecule has 0 aromatic heterocycles. The van der Waals surface area contributed by atoms with Crippen molar-refractivity contribution in [3.63, 3.8) is 0 Å². The molecule has 1 N–H and O–H groups in total. The van der Waals surface area contributed by atoms with Crippen LogP contribution in [-0.2, 0) is 9.84 Å². The molecule has 0 amide bonds. The van der Waals surface area contributed by atoms with Gasteiger partial charge in [-0.05, 0) is 32.4 Å². The highest BCUT2D eigenvalue weighted by atomic mass is 32.2. The molecule has 18 heavy (non-hydrogen) atoms. The van der Waals surface area contributed by atoms with Gasteiger partial charge in [0, 0.05) is 18.6 Å². The van der Waals surface area contributed by atoms with Crippen LogP contribution in [0.5, 0.6) is 0 Å². The van der Waals surface area contributed by atoms with Gasteiger partial charge >= 0.3 is 0 Å². The second kappa shape index (κ2) is 6.35. The molecule has 1 unspecified atom stereocenters. The molecule has 0 aromatic rings. The summed E-state index contributed by atoms with van der Waals surface area (Å²) in [6.45, 7) is 4.96. The van der Waals surface area contributed by atoms with Gasteiger partial charge in [0.1, 0.15) is 0 Å². The summed E-state index contributed by atoms with van der Waals surface area (Å²) < 4.78 is 23.2. The standard InChI is InChI=1S/C13H26N2O2S/c1-2-15(13-5-3-4-6-13)9-7-12-11-18(16,17)10-8-14-12/h12-14H,2-11H2,1H3. The molecule has 0 spiro atoms. The van der Waals surface area contributed by atoms with E-state index in [1.165, 1.54) is 25.7 Å². The van der Waals surface area contributed by atoms with Crippen molar-refractivity contribution in [1.82, 2.24) is 10.2 Å². The predicted molar refractivity (Wildman–Crippen MR) is 74.6 cm³/mol. The van der Waals surface area contributed by atoms with Crippen LogP contribution in [0.3, 0.4) is 0 Å². The highest BCUT2D eigenvalue weighted by Crippen LogP contribution is 2.23. The fourth-order valence-electron chi connectivity index (χ4n) is 3.24. The fourth-order valence-corrected chi connectivity index (χ4v) is 4.74. The molecule has 1 aliphatic heterocycles. The third-order valence-electron chi connectivity index (χ3n) is 4.31. The minimum Gasteiger partial charge on any atom is -0.312 e. The average Bonchev–Trinajstić information content (AvgIpc) is 2.82. The zero-order valence-electron chi connectivity index (χ0n) is 11.4. The van der Waals surface area contributed by atoms with Gasteiger partial charge in [-0.25, -0.2) is 8.42 Å². The first-order chi connectivity index (χ1) is 8.61. The van der Waals surface area contributed by atoms with Crippen LogP contribution in [0.15, 0.2) is 0 Å². The molecule has 1 atom stereocenters. The monoisotopic (exact) mass is 274 g/mol. The second-order valence-electron chi connectivity index (χ2n) is 5.62. The van der Waals surface area contributed by atoms with E-state index in [0.29, 0.717) is 18.1 Å². The molecular formula is C13H26N2O2S. The fraction of sp³-hybridized carbons (Fsp3) is 1.00. The smallest absolute Gasteiger partial charge is 0.153 e. The Morgan fingerprint density at radius 3 is 2.61 bits per heavy atom. The third kappa shape index (κ3) is 3.93. The number of nitrogens with one attached hydrogen (secondary N) is 1. The van der Waals surface area contributed by atoms with Crippen LogP contribution in [0.25, 0.3) is 0 Å². The van der Waals surface area contributed by atoms with Gasteiger partial charge in [-0.1, -0.05) is 19.8 Å². The zero-order chi connectivity index (χ0) is 13.0. The predicted octanol–water partition coefficient (Wildman–Crippen LogP) is 1.03. The first kappa shape index (κ1) is 14.3. The van der Waals surface area contributed by atoms with E-state index in [2.05, 4.69) is 17.1 Å². The van der Waals surface area contributed by atoms with Gasteiger partial charge in [0.2, 0.25) is 0 Å². The molecule has 2 rings (SSSR count). The molecule has 4 nitrogen and oxygen atoms in total. The summed E-state index contributed by atoms with van der Waals surface area (Å²) in [5, 5.41) is 3.34. The van der Waals surface area contributed by atoms with Crippen molar-refractivity contribution in [2.24, 2.45) is 0 Å². The van der Waals surface area contributed by atoms with Crippen molar-refractivity contribution in [3.05, 3.63) is 0 Å². The minimum absolute atomic E-state index is 0.166. The van der Waals surface area contributed by atoms with E-state index in [-0.39, 0.29) is 6.04 Å². The first-order valence-electron chi connectivity index (χ1n) is 7.28. The van der Waals surface area contributed by atoms with Gasteiger partial charge in [-0.2, -0.15) is 0 Å². The number of hydrogen-bond donors (Lipinski definition) is 1. The topological polar surface area (TPSA) is 49.4 Å². The van der Waals surface area contributed by atoms with Gasteiger partial charge in [0.25, 0.3) is 0 Å². The van der Waals surface area contributed by atoms with Crippen molar-refractivity contribution < 1.29 is 8.42 Å². The van der Waals surface area contributed by atoms with Gasteiger partial charge < -0.3 is 10.2 Å². The normalized spacial score (nSPS) is 28.9. The van der Waals surface area contributed by atoms with Crippen LogP contribution in [0.4, 0.5) is 0 Å². The van der Waals surface area contributed by atoms with Crippen LogP contribution >= 0.6 is 0 Å². The Bertz CT molecular complexity index is 350. The molecule has 1 heterocycles.